The second-order valence-electron chi connectivity index (χ2n) is 7.72. The zero-order chi connectivity index (χ0) is 19.9. The molecule has 4 rings (SSSR count). The largest absolute Gasteiger partial charge is 0.416 e. The Hall–Kier alpha value is -2.35. The van der Waals surface area contributed by atoms with Gasteiger partial charge in [0.25, 0.3) is 0 Å². The topological polar surface area (TPSA) is 44.3 Å². The number of benzene rings is 1. The number of piperidine rings is 1. The van der Waals surface area contributed by atoms with Gasteiger partial charge in [0, 0.05) is 37.3 Å². The lowest BCUT2D eigenvalue weighted by atomic mass is 10.0. The summed E-state index contributed by atoms with van der Waals surface area (Å²) in [6.07, 6.45) is -1.31. The quantitative estimate of drug-likeness (QED) is 0.865. The Labute approximate surface area is 162 Å². The first kappa shape index (κ1) is 19.0. The summed E-state index contributed by atoms with van der Waals surface area (Å²) in [5.74, 6) is 0.769. The Balaban J connectivity index is 1.65. The Morgan fingerprint density at radius 1 is 1.07 bits per heavy atom. The number of hydrogen-bond donors (Lipinski definition) is 1. The number of nitrogens with one attached hydrogen (secondary N) is 1. The van der Waals surface area contributed by atoms with E-state index in [1.807, 2.05) is 7.05 Å². The van der Waals surface area contributed by atoms with Gasteiger partial charge in [-0.3, -0.25) is 0 Å². The highest BCUT2D eigenvalue weighted by Gasteiger charge is 2.31. The molecule has 0 spiro atoms. The molecule has 1 atom stereocenters. The number of fused-ring (bicyclic) bond motifs is 1. The number of anilines is 2. The summed E-state index contributed by atoms with van der Waals surface area (Å²) in [7, 11) is 4.13. The van der Waals surface area contributed by atoms with E-state index in [0.717, 1.165) is 68.1 Å². The molecule has 0 radical (unpaired) electrons. The molecule has 0 amide bonds. The molecule has 1 aromatic heterocycles. The maximum atomic E-state index is 12.8. The van der Waals surface area contributed by atoms with E-state index < -0.39 is 11.7 Å². The molecule has 3 heterocycles. The summed E-state index contributed by atoms with van der Waals surface area (Å²) in [6.45, 7) is 2.91. The van der Waals surface area contributed by atoms with E-state index >= 15 is 0 Å². The minimum atomic E-state index is -4.34. The van der Waals surface area contributed by atoms with Gasteiger partial charge in [0.15, 0.2) is 5.82 Å². The fraction of sp³-hybridized carbons (Fsp3) is 0.500. The minimum absolute atomic E-state index is 0.322. The Morgan fingerprint density at radius 3 is 2.50 bits per heavy atom. The molecule has 0 aliphatic carbocycles. The normalized spacial score (nSPS) is 20.3. The number of rotatable bonds is 3. The van der Waals surface area contributed by atoms with Gasteiger partial charge in [-0.15, -0.1) is 10.2 Å². The van der Waals surface area contributed by atoms with E-state index in [-0.39, 0.29) is 0 Å². The number of nitrogens with zero attached hydrogens (tertiary/aromatic N) is 4. The predicted molar refractivity (Wildman–Crippen MR) is 104 cm³/mol. The lowest BCUT2D eigenvalue weighted by molar-refractivity contribution is -0.137. The van der Waals surface area contributed by atoms with E-state index in [4.69, 9.17) is 0 Å². The first-order chi connectivity index (χ1) is 13.3. The lowest BCUT2D eigenvalue weighted by Crippen LogP contribution is -2.40. The highest BCUT2D eigenvalue weighted by atomic mass is 19.4. The van der Waals surface area contributed by atoms with Crippen LogP contribution in [-0.4, -0.2) is 54.9 Å². The molecule has 28 heavy (non-hydrogen) atoms. The third-order valence-corrected chi connectivity index (χ3v) is 5.58. The van der Waals surface area contributed by atoms with E-state index in [1.54, 1.807) is 0 Å². The predicted octanol–water partition coefficient (Wildman–Crippen LogP) is 3.66. The van der Waals surface area contributed by atoms with Crippen LogP contribution in [0.3, 0.4) is 0 Å². The first-order valence-corrected chi connectivity index (χ1v) is 9.56. The standard InChI is InChI=1S/C20H24F3N5/c1-27-10-3-4-15(12-27)24-19-18-16(9-11-28(18)2)17(25-26-19)13-5-7-14(8-6-13)20(21,22)23/h5-8,15H,3-4,9-12H2,1-2H3,(H,24,26)/t15-/m1/s1. The lowest BCUT2D eigenvalue weighted by Gasteiger charge is -2.31. The van der Waals surface area contributed by atoms with Crippen LogP contribution in [-0.2, 0) is 12.6 Å². The SMILES string of the molecule is CN1CCC[C@@H](Nc2nnc(-c3ccc(C(F)(F)F)cc3)c3c2N(C)CC3)C1. The smallest absolute Gasteiger partial charge is 0.371 e. The number of likely N-dealkylation sites (N-methyl/N-ethyl adjacent to an activating group) is 2. The van der Waals surface area contributed by atoms with Crippen molar-refractivity contribution in [1.29, 1.82) is 0 Å². The van der Waals surface area contributed by atoms with Gasteiger partial charge in [0.1, 0.15) is 0 Å². The second-order valence-corrected chi connectivity index (χ2v) is 7.72. The molecular weight excluding hydrogens is 367 g/mol. The molecule has 1 fully saturated rings. The first-order valence-electron chi connectivity index (χ1n) is 9.56. The van der Waals surface area contributed by atoms with Crippen LogP contribution in [0.2, 0.25) is 0 Å². The van der Waals surface area contributed by atoms with Gasteiger partial charge in [-0.1, -0.05) is 12.1 Å². The molecule has 1 saturated heterocycles. The van der Waals surface area contributed by atoms with Crippen molar-refractivity contribution >= 4 is 11.5 Å². The molecule has 1 N–H and O–H groups in total. The van der Waals surface area contributed by atoms with Gasteiger partial charge in [-0.05, 0) is 45.0 Å². The number of halogens is 3. The summed E-state index contributed by atoms with van der Waals surface area (Å²) >= 11 is 0. The van der Waals surface area contributed by atoms with Crippen LogP contribution < -0.4 is 10.2 Å². The van der Waals surface area contributed by atoms with Crippen molar-refractivity contribution in [3.05, 3.63) is 35.4 Å². The van der Waals surface area contributed by atoms with Crippen molar-refractivity contribution < 1.29 is 13.2 Å². The highest BCUT2D eigenvalue weighted by Crippen LogP contribution is 2.39. The van der Waals surface area contributed by atoms with Crippen LogP contribution in [0.15, 0.2) is 24.3 Å². The van der Waals surface area contributed by atoms with Crippen molar-refractivity contribution in [3.63, 3.8) is 0 Å². The maximum Gasteiger partial charge on any atom is 0.416 e. The van der Waals surface area contributed by atoms with Gasteiger partial charge in [0.2, 0.25) is 0 Å². The number of hydrogen-bond acceptors (Lipinski definition) is 5. The average Bonchev–Trinajstić information content (AvgIpc) is 3.04. The molecular formula is C20H24F3N5. The summed E-state index contributed by atoms with van der Waals surface area (Å²) < 4.78 is 38.5. The molecule has 5 nitrogen and oxygen atoms in total. The van der Waals surface area contributed by atoms with Crippen LogP contribution in [0, 0.1) is 0 Å². The number of aromatic nitrogens is 2. The molecule has 0 unspecified atom stereocenters. The number of likely N-dealkylation sites (tertiary alicyclic amines) is 1. The number of alkyl halides is 3. The van der Waals surface area contributed by atoms with Crippen molar-refractivity contribution in [2.45, 2.75) is 31.5 Å². The molecule has 0 bridgehead atoms. The van der Waals surface area contributed by atoms with Gasteiger partial charge < -0.3 is 15.1 Å². The Morgan fingerprint density at radius 2 is 1.82 bits per heavy atom. The zero-order valence-corrected chi connectivity index (χ0v) is 16.1. The van der Waals surface area contributed by atoms with Crippen molar-refractivity contribution in [3.8, 4) is 11.3 Å². The summed E-state index contributed by atoms with van der Waals surface area (Å²) in [4.78, 5) is 4.45. The van der Waals surface area contributed by atoms with Crippen LogP contribution in [0.4, 0.5) is 24.7 Å². The molecule has 1 aromatic carbocycles. The van der Waals surface area contributed by atoms with E-state index in [0.29, 0.717) is 17.3 Å². The van der Waals surface area contributed by atoms with Crippen molar-refractivity contribution in [2.24, 2.45) is 0 Å². The van der Waals surface area contributed by atoms with Gasteiger partial charge in [-0.2, -0.15) is 13.2 Å². The highest BCUT2D eigenvalue weighted by molar-refractivity contribution is 5.80. The van der Waals surface area contributed by atoms with Crippen molar-refractivity contribution in [2.75, 3.05) is 43.9 Å². The maximum absolute atomic E-state index is 12.8. The van der Waals surface area contributed by atoms with Gasteiger partial charge in [0.05, 0.1) is 16.9 Å². The molecule has 150 valence electrons. The fourth-order valence-corrected chi connectivity index (χ4v) is 4.13. The summed E-state index contributed by atoms with van der Waals surface area (Å²) in [5.41, 5.74) is 2.73. The van der Waals surface area contributed by atoms with Crippen LogP contribution in [0.25, 0.3) is 11.3 Å². The van der Waals surface area contributed by atoms with E-state index in [2.05, 4.69) is 32.4 Å². The molecule has 2 aliphatic rings. The zero-order valence-electron chi connectivity index (χ0n) is 16.1. The van der Waals surface area contributed by atoms with Crippen LogP contribution in [0.5, 0.6) is 0 Å². The third-order valence-electron chi connectivity index (χ3n) is 5.58. The van der Waals surface area contributed by atoms with Crippen LogP contribution >= 0.6 is 0 Å². The molecule has 0 saturated carbocycles. The van der Waals surface area contributed by atoms with E-state index in [9.17, 15) is 13.2 Å². The molecule has 2 aliphatic heterocycles. The Kier molecular flexibility index (Phi) is 4.91. The minimum Gasteiger partial charge on any atom is -0.371 e. The van der Waals surface area contributed by atoms with Gasteiger partial charge in [-0.25, -0.2) is 0 Å². The fourth-order valence-electron chi connectivity index (χ4n) is 4.13. The van der Waals surface area contributed by atoms with Crippen LogP contribution in [0.1, 0.15) is 24.0 Å². The molecule has 2 aromatic rings. The Bertz CT molecular complexity index is 850. The molecule has 8 heteroatoms. The average molecular weight is 391 g/mol. The summed E-state index contributed by atoms with van der Waals surface area (Å²) in [5, 5.41) is 12.4. The second kappa shape index (κ2) is 7.24. The van der Waals surface area contributed by atoms with E-state index in [1.165, 1.54) is 12.1 Å². The summed E-state index contributed by atoms with van der Waals surface area (Å²) in [6, 6.07) is 5.49. The monoisotopic (exact) mass is 391 g/mol. The van der Waals surface area contributed by atoms with Gasteiger partial charge >= 0.3 is 6.18 Å². The van der Waals surface area contributed by atoms with Crippen molar-refractivity contribution in [1.82, 2.24) is 15.1 Å². The third kappa shape index (κ3) is 3.65.